The predicted molar refractivity (Wildman–Crippen MR) is 63.1 cm³/mol. The fourth-order valence-corrected chi connectivity index (χ4v) is 1.34. The molecule has 20 heavy (non-hydrogen) atoms. The number of carbonyl (C=O) groups excluding carboxylic acids is 1. The van der Waals surface area contributed by atoms with E-state index in [4.69, 9.17) is 10.2 Å². The predicted octanol–water partition coefficient (Wildman–Crippen LogP) is 0.346. The van der Waals surface area contributed by atoms with Crippen LogP contribution in [0, 0.1) is 21.7 Å². The lowest BCUT2D eigenvalue weighted by molar-refractivity contribution is -0.385. The average Bonchev–Trinajstić information content (AvgIpc) is 2.40. The highest BCUT2D eigenvalue weighted by atomic mass is 19.2. The van der Waals surface area contributed by atoms with Crippen molar-refractivity contribution in [2.24, 2.45) is 0 Å². The van der Waals surface area contributed by atoms with Crippen LogP contribution in [0.25, 0.3) is 0 Å². The van der Waals surface area contributed by atoms with Crippen LogP contribution in [0.2, 0.25) is 0 Å². The van der Waals surface area contributed by atoms with Crippen LogP contribution in [0.5, 0.6) is 0 Å². The number of halogens is 2. The van der Waals surface area contributed by atoms with E-state index < -0.39 is 52.5 Å². The molecule has 0 spiro atoms. The molecule has 1 rings (SSSR count). The van der Waals surface area contributed by atoms with Crippen LogP contribution in [-0.4, -0.2) is 39.8 Å². The van der Waals surface area contributed by atoms with Gasteiger partial charge in [0.2, 0.25) is 0 Å². The maximum absolute atomic E-state index is 13.1. The van der Waals surface area contributed by atoms with Gasteiger partial charge in [0.25, 0.3) is 11.6 Å². The zero-order chi connectivity index (χ0) is 15.5. The second-order valence-electron chi connectivity index (χ2n) is 4.37. The van der Waals surface area contributed by atoms with E-state index in [0.29, 0.717) is 12.1 Å². The molecular weight excluding hydrogens is 278 g/mol. The second-order valence-corrected chi connectivity index (χ2v) is 4.37. The largest absolute Gasteiger partial charge is 0.394 e. The molecule has 0 saturated heterocycles. The molecule has 0 radical (unpaired) electrons. The van der Waals surface area contributed by atoms with E-state index in [2.05, 4.69) is 5.32 Å². The molecule has 9 heteroatoms. The molecule has 0 bridgehead atoms. The van der Waals surface area contributed by atoms with Gasteiger partial charge in [-0.15, -0.1) is 0 Å². The quantitative estimate of drug-likeness (QED) is 0.535. The summed E-state index contributed by atoms with van der Waals surface area (Å²) in [6.45, 7) is -0.0178. The first-order valence-corrected chi connectivity index (χ1v) is 5.42. The molecule has 0 fully saturated rings. The highest BCUT2D eigenvalue weighted by Crippen LogP contribution is 2.22. The topological polar surface area (TPSA) is 113 Å². The van der Waals surface area contributed by atoms with Gasteiger partial charge in [0.1, 0.15) is 5.56 Å². The van der Waals surface area contributed by atoms with Crippen LogP contribution in [0.4, 0.5) is 14.5 Å². The number of benzene rings is 1. The Labute approximate surface area is 112 Å². The number of carbonyl (C=O) groups is 1. The van der Waals surface area contributed by atoms with Crippen molar-refractivity contribution in [2.45, 2.75) is 12.5 Å². The number of nitrogens with one attached hydrogen (secondary N) is 1. The third-order valence-corrected chi connectivity index (χ3v) is 2.59. The van der Waals surface area contributed by atoms with Crippen molar-refractivity contribution in [3.63, 3.8) is 0 Å². The van der Waals surface area contributed by atoms with Crippen molar-refractivity contribution in [3.05, 3.63) is 39.4 Å². The molecule has 0 heterocycles. The minimum absolute atomic E-state index is 0.291. The zero-order valence-corrected chi connectivity index (χ0v) is 10.4. The standard InChI is InChI=1S/C11H12F2N2O5/c1-11(4-16,5-17)14-10(18)6-2-7(12)8(13)3-9(6)15(19)20/h2-3,16-17H,4-5H2,1H3,(H,14,18). The summed E-state index contributed by atoms with van der Waals surface area (Å²) in [5, 5.41) is 30.9. The van der Waals surface area contributed by atoms with Gasteiger partial charge in [0.15, 0.2) is 11.6 Å². The molecule has 0 aromatic heterocycles. The normalized spacial score (nSPS) is 11.2. The smallest absolute Gasteiger partial charge is 0.285 e. The number of rotatable bonds is 5. The van der Waals surface area contributed by atoms with Crippen LogP contribution >= 0.6 is 0 Å². The summed E-state index contributed by atoms with van der Waals surface area (Å²) in [5.41, 5.74) is -3.07. The van der Waals surface area contributed by atoms with Crippen LogP contribution in [-0.2, 0) is 0 Å². The van der Waals surface area contributed by atoms with Crippen molar-refractivity contribution in [3.8, 4) is 0 Å². The van der Waals surface area contributed by atoms with Gasteiger partial charge in [0, 0.05) is 0 Å². The molecular formula is C11H12F2N2O5. The Hall–Kier alpha value is -2.13. The van der Waals surface area contributed by atoms with Crippen LogP contribution < -0.4 is 5.32 Å². The number of nitro benzene ring substituents is 1. The molecule has 0 aliphatic heterocycles. The van der Waals surface area contributed by atoms with Gasteiger partial charge in [-0.3, -0.25) is 14.9 Å². The minimum Gasteiger partial charge on any atom is -0.394 e. The number of nitro groups is 1. The molecule has 110 valence electrons. The van der Waals surface area contributed by atoms with E-state index in [0.717, 1.165) is 0 Å². The van der Waals surface area contributed by atoms with Gasteiger partial charge in [-0.2, -0.15) is 0 Å². The molecule has 3 N–H and O–H groups in total. The van der Waals surface area contributed by atoms with Crippen molar-refractivity contribution in [1.29, 1.82) is 0 Å². The molecule has 0 unspecified atom stereocenters. The van der Waals surface area contributed by atoms with Gasteiger partial charge < -0.3 is 15.5 Å². The summed E-state index contributed by atoms with van der Waals surface area (Å²) in [7, 11) is 0. The number of aliphatic hydroxyl groups excluding tert-OH is 2. The summed E-state index contributed by atoms with van der Waals surface area (Å²) >= 11 is 0. The Bertz CT molecular complexity index is 546. The molecule has 0 aliphatic carbocycles. The van der Waals surface area contributed by atoms with E-state index in [9.17, 15) is 23.7 Å². The van der Waals surface area contributed by atoms with Gasteiger partial charge in [-0.25, -0.2) is 8.78 Å². The number of nitrogens with zero attached hydrogens (tertiary/aromatic N) is 1. The summed E-state index contributed by atoms with van der Waals surface area (Å²) in [6.07, 6.45) is 0. The third-order valence-electron chi connectivity index (χ3n) is 2.59. The van der Waals surface area contributed by atoms with Gasteiger partial charge in [-0.05, 0) is 13.0 Å². The summed E-state index contributed by atoms with van der Waals surface area (Å²) in [5.74, 6) is -3.99. The van der Waals surface area contributed by atoms with Crippen LogP contribution in [0.15, 0.2) is 12.1 Å². The maximum atomic E-state index is 13.1. The Morgan fingerprint density at radius 2 is 1.85 bits per heavy atom. The Morgan fingerprint density at radius 1 is 1.35 bits per heavy atom. The summed E-state index contributed by atoms with van der Waals surface area (Å²) in [4.78, 5) is 21.5. The lowest BCUT2D eigenvalue weighted by atomic mass is 10.0. The first-order valence-electron chi connectivity index (χ1n) is 5.42. The Balaban J connectivity index is 3.22. The highest BCUT2D eigenvalue weighted by molar-refractivity contribution is 5.98. The fraction of sp³-hybridized carbons (Fsp3) is 0.364. The highest BCUT2D eigenvalue weighted by Gasteiger charge is 2.30. The van der Waals surface area contributed by atoms with E-state index in [1.54, 1.807) is 0 Å². The number of amides is 1. The SMILES string of the molecule is CC(CO)(CO)NC(=O)c1cc(F)c(F)cc1[N+](=O)[O-]. The van der Waals surface area contributed by atoms with Crippen LogP contribution in [0.1, 0.15) is 17.3 Å². The molecule has 1 aromatic rings. The number of hydrogen-bond donors (Lipinski definition) is 3. The van der Waals surface area contributed by atoms with Crippen molar-refractivity contribution in [1.82, 2.24) is 5.32 Å². The summed E-state index contributed by atoms with van der Waals surface area (Å²) < 4.78 is 26.1. The molecule has 0 aliphatic rings. The monoisotopic (exact) mass is 290 g/mol. The zero-order valence-electron chi connectivity index (χ0n) is 10.4. The lowest BCUT2D eigenvalue weighted by Gasteiger charge is -2.26. The van der Waals surface area contributed by atoms with E-state index in [-0.39, 0.29) is 0 Å². The third kappa shape index (κ3) is 3.25. The van der Waals surface area contributed by atoms with Gasteiger partial charge in [-0.1, -0.05) is 0 Å². The fourth-order valence-electron chi connectivity index (χ4n) is 1.34. The van der Waals surface area contributed by atoms with E-state index in [1.165, 1.54) is 6.92 Å². The average molecular weight is 290 g/mol. The molecule has 0 atom stereocenters. The van der Waals surface area contributed by atoms with Crippen molar-refractivity contribution in [2.75, 3.05) is 13.2 Å². The Kier molecular flexibility index (Phi) is 4.69. The maximum Gasteiger partial charge on any atom is 0.285 e. The molecule has 1 aromatic carbocycles. The lowest BCUT2D eigenvalue weighted by Crippen LogP contribution is -2.51. The van der Waals surface area contributed by atoms with Gasteiger partial charge >= 0.3 is 0 Å². The summed E-state index contributed by atoms with van der Waals surface area (Å²) in [6, 6.07) is 0.678. The first kappa shape index (κ1) is 15.9. The molecule has 0 saturated carbocycles. The number of aliphatic hydroxyl groups is 2. The van der Waals surface area contributed by atoms with Crippen LogP contribution in [0.3, 0.4) is 0 Å². The van der Waals surface area contributed by atoms with E-state index >= 15 is 0 Å². The molecule has 1 amide bonds. The Morgan fingerprint density at radius 3 is 2.30 bits per heavy atom. The number of hydrogen-bond acceptors (Lipinski definition) is 5. The first-order chi connectivity index (χ1) is 9.24. The minimum atomic E-state index is -1.46. The second kappa shape index (κ2) is 5.88. The van der Waals surface area contributed by atoms with E-state index in [1.807, 2.05) is 0 Å². The van der Waals surface area contributed by atoms with Gasteiger partial charge in [0.05, 0.1) is 29.7 Å². The van der Waals surface area contributed by atoms with Crippen molar-refractivity contribution >= 4 is 11.6 Å². The van der Waals surface area contributed by atoms with Crippen molar-refractivity contribution < 1.29 is 28.7 Å². The molecule has 7 nitrogen and oxygen atoms in total.